The standard InChI is InChI=1S/C23H28N2O3/c1-3-25(4-2)16-15-22(26)21(17-19-11-7-5-8-12-19)24-23(27)28-18-20-13-9-6-10-14-20/h5-16,21H,3-4,17-18H2,1-2H3,(H,24,27)/b16-15+/t21-/m0/s1. The fourth-order valence-corrected chi connectivity index (χ4v) is 2.71. The zero-order valence-electron chi connectivity index (χ0n) is 16.5. The number of carbonyl (C=O) groups is 2. The number of carbonyl (C=O) groups excluding carboxylic acids is 2. The van der Waals surface area contributed by atoms with Gasteiger partial charge in [0.2, 0.25) is 0 Å². The van der Waals surface area contributed by atoms with Crippen LogP contribution in [0.25, 0.3) is 0 Å². The smallest absolute Gasteiger partial charge is 0.408 e. The van der Waals surface area contributed by atoms with Gasteiger partial charge in [-0.05, 0) is 31.1 Å². The summed E-state index contributed by atoms with van der Waals surface area (Å²) in [5.41, 5.74) is 1.87. The van der Waals surface area contributed by atoms with E-state index in [1.165, 1.54) is 6.08 Å². The molecule has 0 aliphatic heterocycles. The highest BCUT2D eigenvalue weighted by atomic mass is 16.5. The molecule has 0 aliphatic carbocycles. The molecule has 0 aliphatic rings. The topological polar surface area (TPSA) is 58.6 Å². The fourth-order valence-electron chi connectivity index (χ4n) is 2.71. The van der Waals surface area contributed by atoms with Gasteiger partial charge >= 0.3 is 6.09 Å². The first-order chi connectivity index (χ1) is 13.6. The van der Waals surface area contributed by atoms with Crippen molar-refractivity contribution in [2.75, 3.05) is 13.1 Å². The van der Waals surface area contributed by atoms with Gasteiger partial charge in [-0.3, -0.25) is 4.79 Å². The second-order valence-electron chi connectivity index (χ2n) is 6.39. The molecule has 0 heterocycles. The van der Waals surface area contributed by atoms with Gasteiger partial charge in [-0.15, -0.1) is 0 Å². The van der Waals surface area contributed by atoms with Gasteiger partial charge in [0.1, 0.15) is 6.61 Å². The van der Waals surface area contributed by atoms with E-state index in [9.17, 15) is 9.59 Å². The lowest BCUT2D eigenvalue weighted by Crippen LogP contribution is -2.42. The van der Waals surface area contributed by atoms with E-state index in [1.54, 1.807) is 6.20 Å². The van der Waals surface area contributed by atoms with Crippen LogP contribution in [0.2, 0.25) is 0 Å². The maximum Gasteiger partial charge on any atom is 0.408 e. The minimum Gasteiger partial charge on any atom is -0.445 e. The molecule has 1 N–H and O–H groups in total. The van der Waals surface area contributed by atoms with Crippen LogP contribution in [-0.2, 0) is 22.6 Å². The van der Waals surface area contributed by atoms with E-state index in [0.29, 0.717) is 6.42 Å². The van der Waals surface area contributed by atoms with E-state index in [4.69, 9.17) is 4.74 Å². The number of alkyl carbamates (subject to hydrolysis) is 1. The molecule has 0 saturated heterocycles. The third kappa shape index (κ3) is 7.27. The molecule has 0 spiro atoms. The van der Waals surface area contributed by atoms with Gasteiger partial charge in [0, 0.05) is 25.7 Å². The summed E-state index contributed by atoms with van der Waals surface area (Å²) in [4.78, 5) is 27.0. The third-order valence-electron chi connectivity index (χ3n) is 4.39. The number of ether oxygens (including phenoxy) is 1. The number of hydrogen-bond acceptors (Lipinski definition) is 4. The summed E-state index contributed by atoms with van der Waals surface area (Å²) in [5, 5.41) is 2.71. The minimum absolute atomic E-state index is 0.160. The lowest BCUT2D eigenvalue weighted by molar-refractivity contribution is -0.116. The van der Waals surface area contributed by atoms with E-state index in [2.05, 4.69) is 5.32 Å². The predicted octanol–water partition coefficient (Wildman–Crippen LogP) is 3.95. The molecule has 0 radical (unpaired) electrons. The molecule has 0 bridgehead atoms. The second-order valence-corrected chi connectivity index (χ2v) is 6.39. The first kappa shape index (κ1) is 21.2. The Balaban J connectivity index is 2.02. The molecule has 5 nitrogen and oxygen atoms in total. The maximum atomic E-state index is 12.7. The Morgan fingerprint density at radius 3 is 2.11 bits per heavy atom. The number of rotatable bonds is 10. The van der Waals surface area contributed by atoms with Crippen LogP contribution in [0.15, 0.2) is 72.9 Å². The summed E-state index contributed by atoms with van der Waals surface area (Å²) >= 11 is 0. The van der Waals surface area contributed by atoms with Gasteiger partial charge in [0.05, 0.1) is 6.04 Å². The summed E-state index contributed by atoms with van der Waals surface area (Å²) in [5.74, 6) is -0.160. The Hall–Kier alpha value is -3.08. The van der Waals surface area contributed by atoms with E-state index >= 15 is 0 Å². The molecular formula is C23H28N2O3. The largest absolute Gasteiger partial charge is 0.445 e. The van der Waals surface area contributed by atoms with Gasteiger partial charge in [0.15, 0.2) is 5.78 Å². The highest BCUT2D eigenvalue weighted by Gasteiger charge is 2.20. The van der Waals surface area contributed by atoms with Crippen molar-refractivity contribution in [3.05, 3.63) is 84.1 Å². The lowest BCUT2D eigenvalue weighted by atomic mass is 10.0. The SMILES string of the molecule is CCN(/C=C/C(=O)[C@H](Cc1ccccc1)NC(=O)OCc1ccccc1)CC. The molecule has 2 rings (SSSR count). The van der Waals surface area contributed by atoms with Crippen LogP contribution in [0.5, 0.6) is 0 Å². The van der Waals surface area contributed by atoms with Gasteiger partial charge in [0.25, 0.3) is 0 Å². The number of amides is 1. The molecule has 2 aromatic rings. The Bertz CT molecular complexity index is 756. The van der Waals surface area contributed by atoms with Gasteiger partial charge < -0.3 is 15.0 Å². The number of ketones is 1. The van der Waals surface area contributed by atoms with E-state index in [0.717, 1.165) is 24.2 Å². The summed E-state index contributed by atoms with van der Waals surface area (Å²) in [6, 6.07) is 18.4. The van der Waals surface area contributed by atoms with Crippen molar-refractivity contribution in [2.24, 2.45) is 0 Å². The molecule has 0 aromatic heterocycles. The predicted molar refractivity (Wildman–Crippen MR) is 111 cm³/mol. The van der Waals surface area contributed by atoms with Gasteiger partial charge in [-0.1, -0.05) is 60.7 Å². The Morgan fingerprint density at radius 2 is 1.54 bits per heavy atom. The highest BCUT2D eigenvalue weighted by Crippen LogP contribution is 2.07. The molecule has 28 heavy (non-hydrogen) atoms. The Morgan fingerprint density at radius 1 is 0.964 bits per heavy atom. The molecule has 5 heteroatoms. The van der Waals surface area contributed by atoms with E-state index < -0.39 is 12.1 Å². The molecule has 148 valence electrons. The van der Waals surface area contributed by atoms with Gasteiger partial charge in [-0.2, -0.15) is 0 Å². The molecule has 2 aromatic carbocycles. The quantitative estimate of drug-likeness (QED) is 0.634. The molecule has 1 atom stereocenters. The van der Waals surface area contributed by atoms with E-state index in [1.807, 2.05) is 79.4 Å². The summed E-state index contributed by atoms with van der Waals surface area (Å²) in [7, 11) is 0. The van der Waals surface area contributed by atoms with Crippen LogP contribution in [-0.4, -0.2) is 35.9 Å². The van der Waals surface area contributed by atoms with Crippen molar-refractivity contribution in [1.82, 2.24) is 10.2 Å². The minimum atomic E-state index is -0.683. The van der Waals surface area contributed by atoms with Crippen molar-refractivity contribution in [2.45, 2.75) is 32.9 Å². The average molecular weight is 380 g/mol. The number of hydrogen-bond donors (Lipinski definition) is 1. The zero-order chi connectivity index (χ0) is 20.2. The van der Waals surface area contributed by atoms with Crippen LogP contribution in [0.3, 0.4) is 0 Å². The summed E-state index contributed by atoms with van der Waals surface area (Å²) in [6.07, 6.45) is 3.10. The lowest BCUT2D eigenvalue weighted by Gasteiger charge is -2.18. The van der Waals surface area contributed by atoms with Crippen molar-refractivity contribution >= 4 is 11.9 Å². The Labute approximate surface area is 167 Å². The summed E-state index contributed by atoms with van der Waals surface area (Å²) < 4.78 is 5.28. The highest BCUT2D eigenvalue weighted by molar-refractivity contribution is 5.96. The van der Waals surface area contributed by atoms with Crippen LogP contribution in [0.1, 0.15) is 25.0 Å². The van der Waals surface area contributed by atoms with Crippen LogP contribution in [0.4, 0.5) is 4.79 Å². The molecule has 0 saturated carbocycles. The summed E-state index contributed by atoms with van der Waals surface area (Å²) in [6.45, 7) is 5.85. The van der Waals surface area contributed by atoms with E-state index in [-0.39, 0.29) is 12.4 Å². The zero-order valence-corrected chi connectivity index (χ0v) is 16.5. The van der Waals surface area contributed by atoms with Crippen LogP contribution in [0, 0.1) is 0 Å². The first-order valence-electron chi connectivity index (χ1n) is 9.59. The van der Waals surface area contributed by atoms with Crippen LogP contribution < -0.4 is 5.32 Å². The number of nitrogens with one attached hydrogen (secondary N) is 1. The molecular weight excluding hydrogens is 352 g/mol. The second kappa shape index (κ2) is 11.6. The first-order valence-corrected chi connectivity index (χ1v) is 9.59. The normalized spacial score (nSPS) is 11.8. The maximum absolute atomic E-state index is 12.7. The van der Waals surface area contributed by atoms with Crippen LogP contribution >= 0.6 is 0 Å². The molecule has 0 fully saturated rings. The average Bonchev–Trinajstić information content (AvgIpc) is 2.74. The molecule has 1 amide bonds. The number of nitrogens with zero attached hydrogens (tertiary/aromatic N) is 1. The number of benzene rings is 2. The van der Waals surface area contributed by atoms with Crippen molar-refractivity contribution in [3.8, 4) is 0 Å². The van der Waals surface area contributed by atoms with Crippen molar-refractivity contribution in [3.63, 3.8) is 0 Å². The third-order valence-corrected chi connectivity index (χ3v) is 4.39. The molecule has 0 unspecified atom stereocenters. The van der Waals surface area contributed by atoms with Crippen molar-refractivity contribution in [1.29, 1.82) is 0 Å². The fraction of sp³-hybridized carbons (Fsp3) is 0.304. The van der Waals surface area contributed by atoms with Crippen molar-refractivity contribution < 1.29 is 14.3 Å². The van der Waals surface area contributed by atoms with Gasteiger partial charge in [-0.25, -0.2) is 4.79 Å². The monoisotopic (exact) mass is 380 g/mol. The Kier molecular flexibility index (Phi) is 8.79.